The molecule has 80 valence electrons. The first-order chi connectivity index (χ1) is 7.07. The van der Waals surface area contributed by atoms with Gasteiger partial charge >= 0.3 is 0 Å². The van der Waals surface area contributed by atoms with Gasteiger partial charge in [0.1, 0.15) is 5.82 Å². The van der Waals surface area contributed by atoms with Gasteiger partial charge in [-0.05, 0) is 28.1 Å². The number of hydrogen-bond donors (Lipinski definition) is 0. The average Bonchev–Trinajstić information content (AvgIpc) is 2.21. The van der Waals surface area contributed by atoms with Crippen LogP contribution in [0, 0.1) is 5.82 Å². The molecule has 0 heterocycles. The molecule has 1 amide bonds. The molecular weight excluding hydrogens is 261 g/mol. The van der Waals surface area contributed by atoms with Crippen molar-refractivity contribution in [1.29, 1.82) is 0 Å². The van der Waals surface area contributed by atoms with Crippen molar-refractivity contribution in [2.75, 3.05) is 13.6 Å². The minimum Gasteiger partial charge on any atom is -0.338 e. The molecule has 0 saturated carbocycles. The molecule has 1 rings (SSSR count). The second-order valence-electron chi connectivity index (χ2n) is 3.08. The summed E-state index contributed by atoms with van der Waals surface area (Å²) in [7, 11) is 1.64. The maximum Gasteiger partial charge on any atom is 0.255 e. The fourth-order valence-electron chi connectivity index (χ4n) is 1.15. The lowest BCUT2D eigenvalue weighted by Gasteiger charge is -2.15. The molecule has 0 saturated heterocycles. The van der Waals surface area contributed by atoms with E-state index in [1.807, 2.05) is 0 Å². The summed E-state index contributed by atoms with van der Waals surface area (Å²) in [6.45, 7) is 3.97. The van der Waals surface area contributed by atoms with Crippen LogP contribution < -0.4 is 0 Å². The summed E-state index contributed by atoms with van der Waals surface area (Å²) in [4.78, 5) is 13.3. The van der Waals surface area contributed by atoms with E-state index in [-0.39, 0.29) is 10.4 Å². The van der Waals surface area contributed by atoms with Crippen molar-refractivity contribution in [2.45, 2.75) is 0 Å². The van der Waals surface area contributed by atoms with E-state index < -0.39 is 5.82 Å². The molecule has 0 aliphatic rings. The highest BCUT2D eigenvalue weighted by Gasteiger charge is 2.15. The van der Waals surface area contributed by atoms with Crippen LogP contribution in [0.2, 0.25) is 0 Å². The maximum absolute atomic E-state index is 13.2. The second kappa shape index (κ2) is 5.07. The van der Waals surface area contributed by atoms with Gasteiger partial charge in [-0.2, -0.15) is 0 Å². The Morgan fingerprint density at radius 1 is 1.67 bits per heavy atom. The van der Waals surface area contributed by atoms with Gasteiger partial charge in [0.05, 0.1) is 10.0 Å². The van der Waals surface area contributed by atoms with Crippen LogP contribution in [0.1, 0.15) is 10.4 Å². The molecule has 1 aromatic carbocycles. The molecule has 0 fully saturated rings. The third-order valence-corrected chi connectivity index (χ3v) is 2.74. The van der Waals surface area contributed by atoms with E-state index in [1.165, 1.54) is 17.0 Å². The van der Waals surface area contributed by atoms with Crippen LogP contribution >= 0.6 is 15.9 Å². The molecule has 15 heavy (non-hydrogen) atoms. The molecule has 4 heteroatoms. The Hall–Kier alpha value is -1.16. The van der Waals surface area contributed by atoms with E-state index in [1.54, 1.807) is 19.2 Å². The number of amides is 1. The smallest absolute Gasteiger partial charge is 0.255 e. The Morgan fingerprint density at radius 3 is 2.93 bits per heavy atom. The Kier molecular flexibility index (Phi) is 4.03. The van der Waals surface area contributed by atoms with Crippen molar-refractivity contribution in [3.63, 3.8) is 0 Å². The lowest BCUT2D eigenvalue weighted by atomic mass is 10.2. The van der Waals surface area contributed by atoms with Gasteiger partial charge in [0.15, 0.2) is 0 Å². The normalized spacial score (nSPS) is 9.80. The number of carbonyl (C=O) groups excluding carboxylic acids is 1. The van der Waals surface area contributed by atoms with Gasteiger partial charge in [0.2, 0.25) is 0 Å². The predicted octanol–water partition coefficient (Wildman–Crippen LogP) is 2.85. The number of hydrogen-bond acceptors (Lipinski definition) is 1. The highest BCUT2D eigenvalue weighted by atomic mass is 79.9. The number of likely N-dealkylation sites (N-methyl/N-ethyl adjacent to an activating group) is 1. The molecule has 1 aromatic rings. The number of carbonyl (C=O) groups is 1. The fourth-order valence-corrected chi connectivity index (χ4v) is 1.59. The molecule has 0 spiro atoms. The van der Waals surface area contributed by atoms with E-state index in [0.717, 1.165) is 0 Å². The highest BCUT2D eigenvalue weighted by Crippen LogP contribution is 2.21. The molecule has 0 aromatic heterocycles. The summed E-state index contributed by atoms with van der Waals surface area (Å²) < 4.78 is 13.4. The summed E-state index contributed by atoms with van der Waals surface area (Å²) >= 11 is 3.05. The van der Waals surface area contributed by atoms with Crippen molar-refractivity contribution < 1.29 is 9.18 Å². The van der Waals surface area contributed by atoms with Crippen LogP contribution in [-0.2, 0) is 0 Å². The molecule has 2 nitrogen and oxygen atoms in total. The van der Waals surface area contributed by atoms with E-state index in [4.69, 9.17) is 0 Å². The van der Waals surface area contributed by atoms with Gasteiger partial charge in [-0.3, -0.25) is 4.79 Å². The van der Waals surface area contributed by atoms with Crippen LogP contribution in [0.5, 0.6) is 0 Å². The second-order valence-corrected chi connectivity index (χ2v) is 3.87. The van der Waals surface area contributed by atoms with E-state index >= 15 is 0 Å². The molecular formula is C11H11BrFNO. The monoisotopic (exact) mass is 271 g/mol. The lowest BCUT2D eigenvalue weighted by Crippen LogP contribution is -2.27. The summed E-state index contributed by atoms with van der Waals surface area (Å²) in [6.07, 6.45) is 1.62. The molecule has 0 N–H and O–H groups in total. The zero-order valence-electron chi connectivity index (χ0n) is 8.34. The van der Waals surface area contributed by atoms with Crippen molar-refractivity contribution in [3.05, 3.63) is 46.7 Å². The highest BCUT2D eigenvalue weighted by molar-refractivity contribution is 9.10. The van der Waals surface area contributed by atoms with Crippen LogP contribution in [0.25, 0.3) is 0 Å². The molecule has 0 unspecified atom stereocenters. The SMILES string of the molecule is C=CCN(C)C(=O)c1cccc(F)c1Br. The fraction of sp³-hybridized carbons (Fsp3) is 0.182. The quantitative estimate of drug-likeness (QED) is 0.775. The van der Waals surface area contributed by atoms with Gasteiger partial charge in [0, 0.05) is 13.6 Å². The first-order valence-electron chi connectivity index (χ1n) is 4.38. The Balaban J connectivity index is 3.01. The first kappa shape index (κ1) is 11.9. The minimum absolute atomic E-state index is 0.200. The van der Waals surface area contributed by atoms with Gasteiger partial charge in [-0.25, -0.2) is 4.39 Å². The van der Waals surface area contributed by atoms with Crippen molar-refractivity contribution in [1.82, 2.24) is 4.90 Å². The number of benzene rings is 1. The lowest BCUT2D eigenvalue weighted by molar-refractivity contribution is 0.0809. The predicted molar refractivity (Wildman–Crippen MR) is 61.3 cm³/mol. The van der Waals surface area contributed by atoms with Gasteiger partial charge in [-0.15, -0.1) is 6.58 Å². The summed E-state index contributed by atoms with van der Waals surface area (Å²) in [6, 6.07) is 4.39. The van der Waals surface area contributed by atoms with Crippen molar-refractivity contribution >= 4 is 21.8 Å². The molecule has 0 aliphatic heterocycles. The third kappa shape index (κ3) is 2.65. The molecule has 0 radical (unpaired) electrons. The standard InChI is InChI=1S/C11H11BrFNO/c1-3-7-14(2)11(15)8-5-4-6-9(13)10(8)12/h3-6H,1,7H2,2H3. The van der Waals surface area contributed by atoms with Gasteiger partial charge < -0.3 is 4.90 Å². The zero-order chi connectivity index (χ0) is 11.4. The van der Waals surface area contributed by atoms with Gasteiger partial charge in [-0.1, -0.05) is 12.1 Å². The number of nitrogens with zero attached hydrogens (tertiary/aromatic N) is 1. The van der Waals surface area contributed by atoms with Crippen LogP contribution in [-0.4, -0.2) is 24.4 Å². The maximum atomic E-state index is 13.2. The summed E-state index contributed by atoms with van der Waals surface area (Å²) in [5.74, 6) is -0.672. The van der Waals surface area contributed by atoms with Crippen molar-refractivity contribution in [3.8, 4) is 0 Å². The zero-order valence-corrected chi connectivity index (χ0v) is 9.92. The minimum atomic E-state index is -0.437. The Morgan fingerprint density at radius 2 is 2.33 bits per heavy atom. The largest absolute Gasteiger partial charge is 0.338 e. The Labute approximate surface area is 96.5 Å². The molecule has 0 aliphatic carbocycles. The molecule has 0 bridgehead atoms. The first-order valence-corrected chi connectivity index (χ1v) is 5.17. The average molecular weight is 272 g/mol. The Bertz CT molecular complexity index is 392. The van der Waals surface area contributed by atoms with Gasteiger partial charge in [0.25, 0.3) is 5.91 Å². The number of halogens is 2. The van der Waals surface area contributed by atoms with E-state index in [0.29, 0.717) is 12.1 Å². The third-order valence-electron chi connectivity index (χ3n) is 1.93. The summed E-state index contributed by atoms with van der Waals surface area (Å²) in [5, 5.41) is 0. The molecule has 0 atom stereocenters. The van der Waals surface area contributed by atoms with Crippen LogP contribution in [0.3, 0.4) is 0 Å². The number of rotatable bonds is 3. The van der Waals surface area contributed by atoms with E-state index in [9.17, 15) is 9.18 Å². The van der Waals surface area contributed by atoms with Crippen LogP contribution in [0.15, 0.2) is 35.3 Å². The van der Waals surface area contributed by atoms with Crippen molar-refractivity contribution in [2.24, 2.45) is 0 Å². The topological polar surface area (TPSA) is 20.3 Å². The van der Waals surface area contributed by atoms with Crippen LogP contribution in [0.4, 0.5) is 4.39 Å². The van der Waals surface area contributed by atoms with E-state index in [2.05, 4.69) is 22.5 Å². The summed E-state index contributed by atoms with van der Waals surface area (Å²) in [5.41, 5.74) is 0.319.